The Morgan fingerprint density at radius 1 is 1.30 bits per heavy atom. The van der Waals surface area contributed by atoms with E-state index in [1.807, 2.05) is 0 Å². The molecule has 2 amide bonds. The van der Waals surface area contributed by atoms with Crippen molar-refractivity contribution >= 4 is 17.6 Å². The largest absolute Gasteiger partial charge is 0.497 e. The number of nitrogens with zero attached hydrogens (tertiary/aromatic N) is 1. The molecule has 7 nitrogen and oxygen atoms in total. The lowest BCUT2D eigenvalue weighted by Crippen LogP contribution is -2.36. The molecule has 0 radical (unpaired) electrons. The first kappa shape index (κ1) is 16.3. The topological polar surface area (TPSA) is 120 Å². The minimum atomic E-state index is -1.09. The van der Waals surface area contributed by atoms with E-state index in [0.717, 1.165) is 5.56 Å². The molecule has 0 aliphatic carbocycles. The van der Waals surface area contributed by atoms with Gasteiger partial charge >= 0.3 is 0 Å². The van der Waals surface area contributed by atoms with E-state index in [4.69, 9.17) is 16.2 Å². The fourth-order valence-corrected chi connectivity index (χ4v) is 2.10. The Morgan fingerprint density at radius 2 is 2.09 bits per heavy atom. The standard InChI is InChI=1S/C16H18N4O3/c1-23-12-4-2-3-11(7-12)14(15(18)21)16(22)20-9-10-5-6-13(17)19-8-10/h2-8,14H,9H2,1H3,(H2,17,19)(H2,18,21)(H,20,22)/t14-/m0/s1. The first-order valence-electron chi connectivity index (χ1n) is 6.92. The number of pyridine rings is 1. The summed E-state index contributed by atoms with van der Waals surface area (Å²) in [7, 11) is 1.51. The van der Waals surface area contributed by atoms with Crippen LogP contribution in [0, 0.1) is 0 Å². The second-order valence-corrected chi connectivity index (χ2v) is 4.92. The van der Waals surface area contributed by atoms with Crippen LogP contribution in [0.5, 0.6) is 5.75 Å². The van der Waals surface area contributed by atoms with Gasteiger partial charge in [0.05, 0.1) is 7.11 Å². The molecule has 23 heavy (non-hydrogen) atoms. The Kier molecular flexibility index (Phi) is 5.14. The van der Waals surface area contributed by atoms with E-state index in [1.165, 1.54) is 7.11 Å². The van der Waals surface area contributed by atoms with Crippen molar-refractivity contribution in [3.8, 4) is 5.75 Å². The zero-order valence-electron chi connectivity index (χ0n) is 12.7. The second kappa shape index (κ2) is 7.26. The highest BCUT2D eigenvalue weighted by atomic mass is 16.5. The summed E-state index contributed by atoms with van der Waals surface area (Å²) in [6.45, 7) is 0.222. The van der Waals surface area contributed by atoms with Crippen molar-refractivity contribution in [2.75, 3.05) is 12.8 Å². The van der Waals surface area contributed by atoms with Crippen molar-refractivity contribution in [1.29, 1.82) is 0 Å². The van der Waals surface area contributed by atoms with E-state index in [1.54, 1.807) is 42.6 Å². The van der Waals surface area contributed by atoms with Gasteiger partial charge in [-0.2, -0.15) is 0 Å². The van der Waals surface area contributed by atoms with Gasteiger partial charge in [-0.1, -0.05) is 18.2 Å². The molecule has 0 spiro atoms. The number of nitrogens with one attached hydrogen (secondary N) is 1. The molecule has 0 aliphatic heterocycles. The maximum Gasteiger partial charge on any atom is 0.237 e. The van der Waals surface area contributed by atoms with Crippen molar-refractivity contribution in [1.82, 2.24) is 10.3 Å². The van der Waals surface area contributed by atoms with Crippen LogP contribution in [-0.2, 0) is 16.1 Å². The smallest absolute Gasteiger partial charge is 0.237 e. The van der Waals surface area contributed by atoms with Gasteiger partial charge in [0, 0.05) is 12.7 Å². The van der Waals surface area contributed by atoms with Gasteiger partial charge in [0.25, 0.3) is 0 Å². The van der Waals surface area contributed by atoms with Crippen LogP contribution in [0.25, 0.3) is 0 Å². The Hall–Kier alpha value is -3.09. The SMILES string of the molecule is COc1cccc([C@@H](C(N)=O)C(=O)NCc2ccc(N)nc2)c1. The lowest BCUT2D eigenvalue weighted by molar-refractivity contribution is -0.130. The predicted molar refractivity (Wildman–Crippen MR) is 85.4 cm³/mol. The third-order valence-electron chi connectivity index (χ3n) is 3.29. The number of ether oxygens (including phenoxy) is 1. The number of amides is 2. The summed E-state index contributed by atoms with van der Waals surface area (Å²) in [5.41, 5.74) is 12.1. The zero-order chi connectivity index (χ0) is 16.8. The van der Waals surface area contributed by atoms with Crippen molar-refractivity contribution in [3.05, 3.63) is 53.7 Å². The molecule has 1 heterocycles. The molecule has 120 valence electrons. The molecule has 0 bridgehead atoms. The third-order valence-corrected chi connectivity index (χ3v) is 3.29. The molecule has 1 aromatic heterocycles. The Morgan fingerprint density at radius 3 is 2.70 bits per heavy atom. The molecule has 5 N–H and O–H groups in total. The minimum absolute atomic E-state index is 0.222. The number of anilines is 1. The van der Waals surface area contributed by atoms with Gasteiger partial charge < -0.3 is 21.5 Å². The second-order valence-electron chi connectivity index (χ2n) is 4.92. The van der Waals surface area contributed by atoms with Crippen molar-refractivity contribution in [3.63, 3.8) is 0 Å². The van der Waals surface area contributed by atoms with Gasteiger partial charge in [0.1, 0.15) is 17.5 Å². The van der Waals surface area contributed by atoms with Crippen molar-refractivity contribution in [2.24, 2.45) is 5.73 Å². The molecular formula is C16H18N4O3. The molecule has 1 atom stereocenters. The van der Waals surface area contributed by atoms with Crippen LogP contribution in [0.15, 0.2) is 42.6 Å². The van der Waals surface area contributed by atoms with E-state index in [-0.39, 0.29) is 6.54 Å². The highest BCUT2D eigenvalue weighted by molar-refractivity contribution is 6.05. The lowest BCUT2D eigenvalue weighted by Gasteiger charge is -2.15. The molecule has 2 aromatic rings. The number of methoxy groups -OCH3 is 1. The Bertz CT molecular complexity index is 701. The fourth-order valence-electron chi connectivity index (χ4n) is 2.10. The molecule has 2 rings (SSSR count). The summed E-state index contributed by atoms with van der Waals surface area (Å²) in [6, 6.07) is 10.1. The summed E-state index contributed by atoms with van der Waals surface area (Å²) in [5, 5.41) is 2.67. The number of hydrogen-bond donors (Lipinski definition) is 3. The molecule has 1 aromatic carbocycles. The third kappa shape index (κ3) is 4.19. The van der Waals surface area contributed by atoms with Crippen LogP contribution >= 0.6 is 0 Å². The van der Waals surface area contributed by atoms with Crippen LogP contribution in [0.4, 0.5) is 5.82 Å². The van der Waals surface area contributed by atoms with Crippen LogP contribution in [0.1, 0.15) is 17.0 Å². The van der Waals surface area contributed by atoms with Gasteiger partial charge in [-0.15, -0.1) is 0 Å². The first-order chi connectivity index (χ1) is 11.0. The number of carbonyl (C=O) groups excluding carboxylic acids is 2. The van der Waals surface area contributed by atoms with Crippen LogP contribution < -0.4 is 21.5 Å². The number of benzene rings is 1. The van der Waals surface area contributed by atoms with Crippen molar-refractivity contribution < 1.29 is 14.3 Å². The maximum absolute atomic E-state index is 12.3. The first-order valence-corrected chi connectivity index (χ1v) is 6.92. The van der Waals surface area contributed by atoms with Crippen molar-refractivity contribution in [2.45, 2.75) is 12.5 Å². The number of nitrogen functional groups attached to an aromatic ring is 1. The average Bonchev–Trinajstić information content (AvgIpc) is 2.54. The maximum atomic E-state index is 12.3. The van der Waals surface area contributed by atoms with Gasteiger partial charge in [0.15, 0.2) is 0 Å². The van der Waals surface area contributed by atoms with Gasteiger partial charge in [-0.05, 0) is 29.3 Å². The quantitative estimate of drug-likeness (QED) is 0.673. The molecule has 7 heteroatoms. The monoisotopic (exact) mass is 314 g/mol. The molecule has 0 fully saturated rings. The fraction of sp³-hybridized carbons (Fsp3) is 0.188. The zero-order valence-corrected chi connectivity index (χ0v) is 12.7. The summed E-state index contributed by atoms with van der Waals surface area (Å²) < 4.78 is 5.10. The van der Waals surface area contributed by atoms with E-state index in [2.05, 4.69) is 10.3 Å². The van der Waals surface area contributed by atoms with E-state index >= 15 is 0 Å². The number of primary amides is 1. The summed E-state index contributed by atoms with van der Waals surface area (Å²) >= 11 is 0. The average molecular weight is 314 g/mol. The number of hydrogen-bond acceptors (Lipinski definition) is 5. The summed E-state index contributed by atoms with van der Waals surface area (Å²) in [5.74, 6) is -1.36. The summed E-state index contributed by atoms with van der Waals surface area (Å²) in [4.78, 5) is 28.0. The number of nitrogens with two attached hydrogens (primary N) is 2. The molecular weight excluding hydrogens is 296 g/mol. The molecule has 0 aliphatic rings. The highest BCUT2D eigenvalue weighted by Gasteiger charge is 2.26. The van der Waals surface area contributed by atoms with Gasteiger partial charge in [-0.25, -0.2) is 4.98 Å². The number of aromatic nitrogens is 1. The van der Waals surface area contributed by atoms with Gasteiger partial charge in [0.2, 0.25) is 11.8 Å². The van der Waals surface area contributed by atoms with Crippen LogP contribution in [-0.4, -0.2) is 23.9 Å². The van der Waals surface area contributed by atoms with E-state index in [0.29, 0.717) is 17.1 Å². The lowest BCUT2D eigenvalue weighted by atomic mass is 9.97. The molecule has 0 unspecified atom stereocenters. The van der Waals surface area contributed by atoms with Crippen LogP contribution in [0.3, 0.4) is 0 Å². The summed E-state index contributed by atoms with van der Waals surface area (Å²) in [6.07, 6.45) is 1.56. The van der Waals surface area contributed by atoms with Gasteiger partial charge in [-0.3, -0.25) is 9.59 Å². The normalized spacial score (nSPS) is 11.5. The van der Waals surface area contributed by atoms with E-state index in [9.17, 15) is 9.59 Å². The number of rotatable bonds is 6. The number of carbonyl (C=O) groups is 2. The Labute approximate surface area is 133 Å². The molecule has 0 saturated heterocycles. The molecule has 0 saturated carbocycles. The van der Waals surface area contributed by atoms with E-state index < -0.39 is 17.7 Å². The minimum Gasteiger partial charge on any atom is -0.497 e. The highest BCUT2D eigenvalue weighted by Crippen LogP contribution is 2.21. The van der Waals surface area contributed by atoms with Crippen LogP contribution in [0.2, 0.25) is 0 Å². The Balaban J connectivity index is 2.12. The predicted octanol–water partition coefficient (Wildman–Crippen LogP) is 0.558.